The lowest BCUT2D eigenvalue weighted by Gasteiger charge is -2.34. The molecule has 1 N–H and O–H groups in total. The third-order valence-electron chi connectivity index (χ3n) is 7.81. The highest BCUT2D eigenvalue weighted by molar-refractivity contribution is 7.10. The fourth-order valence-electron chi connectivity index (χ4n) is 5.72. The standard InChI is InChI=1S/C33H38N2O2S/c1-5-6-7-14-30(37)35-27-12-9-8-11-25(27)34-26-20-23(22-15-17-24(18-16-22)33(2,3)4)21-28(36)31(26)32(35)29-13-10-19-38-29/h8-13,15-19,23,32,34H,5-7,14,20-21H2,1-4H3. The minimum absolute atomic E-state index is 0.0764. The number of benzene rings is 2. The smallest absolute Gasteiger partial charge is 0.227 e. The van der Waals surface area contributed by atoms with Gasteiger partial charge in [0.05, 0.1) is 11.4 Å². The molecule has 0 saturated carbocycles. The molecule has 2 aliphatic rings. The van der Waals surface area contributed by atoms with Gasteiger partial charge in [-0.1, -0.05) is 83.0 Å². The molecule has 198 valence electrons. The molecule has 5 heteroatoms. The number of unbranched alkanes of at least 4 members (excludes halogenated alkanes) is 2. The number of anilines is 2. The van der Waals surface area contributed by atoms with Crippen molar-refractivity contribution in [3.05, 3.63) is 93.3 Å². The molecular formula is C33H38N2O2S. The van der Waals surface area contributed by atoms with Crippen molar-refractivity contribution in [2.45, 2.75) is 83.6 Å². The number of hydrogen-bond donors (Lipinski definition) is 1. The summed E-state index contributed by atoms with van der Waals surface area (Å²) in [7, 11) is 0. The maximum atomic E-state index is 14.0. The number of nitrogens with zero attached hydrogens (tertiary/aromatic N) is 1. The summed E-state index contributed by atoms with van der Waals surface area (Å²) in [5.74, 6) is 0.305. The Hall–Kier alpha value is -3.18. The highest BCUT2D eigenvalue weighted by Crippen LogP contribution is 2.48. The number of Topliss-reactive ketones (excluding diaryl/α,β-unsaturated/α-hetero) is 1. The highest BCUT2D eigenvalue weighted by atomic mass is 32.1. The van der Waals surface area contributed by atoms with Crippen LogP contribution in [0.1, 0.15) is 94.2 Å². The maximum Gasteiger partial charge on any atom is 0.227 e. The van der Waals surface area contributed by atoms with Gasteiger partial charge in [0.15, 0.2) is 5.78 Å². The fourth-order valence-corrected chi connectivity index (χ4v) is 6.54. The van der Waals surface area contributed by atoms with Crippen molar-refractivity contribution in [3.8, 4) is 0 Å². The molecule has 2 heterocycles. The second kappa shape index (κ2) is 10.9. The van der Waals surface area contributed by atoms with Crippen LogP contribution in [0, 0.1) is 0 Å². The van der Waals surface area contributed by atoms with Gasteiger partial charge in [-0.15, -0.1) is 11.3 Å². The number of allylic oxidation sites excluding steroid dienone is 1. The first-order valence-electron chi connectivity index (χ1n) is 13.9. The summed E-state index contributed by atoms with van der Waals surface area (Å²) in [5, 5.41) is 5.67. The van der Waals surface area contributed by atoms with Crippen molar-refractivity contribution in [2.24, 2.45) is 0 Å². The molecule has 38 heavy (non-hydrogen) atoms. The summed E-state index contributed by atoms with van der Waals surface area (Å²) in [6, 6.07) is 20.4. The van der Waals surface area contributed by atoms with Crippen LogP contribution in [-0.4, -0.2) is 11.7 Å². The number of hydrogen-bond acceptors (Lipinski definition) is 4. The number of nitrogens with one attached hydrogen (secondary N) is 1. The third-order valence-corrected chi connectivity index (χ3v) is 8.74. The zero-order chi connectivity index (χ0) is 26.9. The van der Waals surface area contributed by atoms with Crippen LogP contribution in [0.4, 0.5) is 11.4 Å². The maximum absolute atomic E-state index is 14.0. The van der Waals surface area contributed by atoms with Crippen molar-refractivity contribution in [1.29, 1.82) is 0 Å². The second-order valence-electron chi connectivity index (χ2n) is 11.6. The van der Waals surface area contributed by atoms with Gasteiger partial charge in [-0.25, -0.2) is 0 Å². The quantitative estimate of drug-likeness (QED) is 0.328. The van der Waals surface area contributed by atoms with Gasteiger partial charge in [-0.05, 0) is 58.9 Å². The van der Waals surface area contributed by atoms with Gasteiger partial charge in [-0.3, -0.25) is 14.5 Å². The van der Waals surface area contributed by atoms with Gasteiger partial charge in [-0.2, -0.15) is 0 Å². The summed E-state index contributed by atoms with van der Waals surface area (Å²) in [4.78, 5) is 30.8. The second-order valence-corrected chi connectivity index (χ2v) is 12.6. The molecule has 0 saturated heterocycles. The SMILES string of the molecule is CCCCCC(=O)N1c2ccccc2NC2=C(C(=O)CC(c3ccc(C(C)(C)C)cc3)C2)C1c1cccs1. The van der Waals surface area contributed by atoms with E-state index in [0.717, 1.165) is 53.2 Å². The lowest BCUT2D eigenvalue weighted by molar-refractivity contribution is -0.119. The van der Waals surface area contributed by atoms with E-state index in [1.807, 2.05) is 40.6 Å². The Morgan fingerprint density at radius 1 is 1.00 bits per heavy atom. The Morgan fingerprint density at radius 3 is 2.45 bits per heavy atom. The van der Waals surface area contributed by atoms with E-state index in [9.17, 15) is 9.59 Å². The molecule has 3 aromatic rings. The van der Waals surface area contributed by atoms with Crippen LogP contribution in [0.2, 0.25) is 0 Å². The Morgan fingerprint density at radius 2 is 1.76 bits per heavy atom. The van der Waals surface area contributed by atoms with E-state index in [1.54, 1.807) is 11.3 Å². The van der Waals surface area contributed by atoms with Gasteiger partial charge in [0.2, 0.25) is 5.91 Å². The van der Waals surface area contributed by atoms with Crippen LogP contribution in [0.5, 0.6) is 0 Å². The van der Waals surface area contributed by atoms with Crippen LogP contribution < -0.4 is 10.2 Å². The summed E-state index contributed by atoms with van der Waals surface area (Å²) in [6.45, 7) is 8.80. The zero-order valence-corrected chi connectivity index (χ0v) is 23.7. The number of amides is 1. The zero-order valence-electron chi connectivity index (χ0n) is 22.9. The highest BCUT2D eigenvalue weighted by Gasteiger charge is 2.41. The predicted molar refractivity (Wildman–Crippen MR) is 158 cm³/mol. The molecule has 5 rings (SSSR count). The largest absolute Gasteiger partial charge is 0.357 e. The molecule has 1 aliphatic carbocycles. The van der Waals surface area contributed by atoms with Crippen LogP contribution >= 0.6 is 11.3 Å². The number of carbonyl (C=O) groups excluding carboxylic acids is 2. The van der Waals surface area contributed by atoms with E-state index in [1.165, 1.54) is 11.1 Å². The van der Waals surface area contributed by atoms with E-state index < -0.39 is 6.04 Å². The lowest BCUT2D eigenvalue weighted by Crippen LogP contribution is -2.38. The van der Waals surface area contributed by atoms with E-state index in [4.69, 9.17) is 0 Å². The van der Waals surface area contributed by atoms with Crippen molar-refractivity contribution < 1.29 is 9.59 Å². The average molecular weight is 527 g/mol. The van der Waals surface area contributed by atoms with Gasteiger partial charge in [0.1, 0.15) is 6.04 Å². The van der Waals surface area contributed by atoms with Gasteiger partial charge in [0.25, 0.3) is 0 Å². The average Bonchev–Trinajstić information content (AvgIpc) is 3.38. The minimum Gasteiger partial charge on any atom is -0.357 e. The Kier molecular flexibility index (Phi) is 7.58. The molecule has 0 fully saturated rings. The summed E-state index contributed by atoms with van der Waals surface area (Å²) in [6.07, 6.45) is 4.60. The summed E-state index contributed by atoms with van der Waals surface area (Å²) >= 11 is 1.61. The first kappa shape index (κ1) is 26.4. The first-order valence-corrected chi connectivity index (χ1v) is 14.7. The van der Waals surface area contributed by atoms with E-state index in [-0.39, 0.29) is 23.0 Å². The molecule has 0 bridgehead atoms. The molecule has 1 aliphatic heterocycles. The Bertz CT molecular complexity index is 1330. The first-order chi connectivity index (χ1) is 18.3. The molecule has 2 aromatic carbocycles. The van der Waals surface area contributed by atoms with Crippen molar-refractivity contribution >= 4 is 34.4 Å². The summed E-state index contributed by atoms with van der Waals surface area (Å²) in [5.41, 5.74) is 6.00. The Balaban J connectivity index is 1.58. The normalized spacial score (nSPS) is 19.5. The number of para-hydroxylation sites is 2. The molecule has 0 spiro atoms. The van der Waals surface area contributed by atoms with Crippen molar-refractivity contribution in [2.75, 3.05) is 10.2 Å². The van der Waals surface area contributed by atoms with Crippen molar-refractivity contribution in [3.63, 3.8) is 0 Å². The van der Waals surface area contributed by atoms with Gasteiger partial charge < -0.3 is 5.32 Å². The molecule has 0 radical (unpaired) electrons. The van der Waals surface area contributed by atoms with E-state index in [0.29, 0.717) is 12.8 Å². The fraction of sp³-hybridized carbons (Fsp3) is 0.394. The molecule has 2 atom stereocenters. The van der Waals surface area contributed by atoms with Crippen LogP contribution in [0.3, 0.4) is 0 Å². The van der Waals surface area contributed by atoms with Gasteiger partial charge in [0, 0.05) is 29.0 Å². The van der Waals surface area contributed by atoms with Crippen LogP contribution in [-0.2, 0) is 15.0 Å². The number of carbonyl (C=O) groups is 2. The monoisotopic (exact) mass is 526 g/mol. The summed E-state index contributed by atoms with van der Waals surface area (Å²) < 4.78 is 0. The molecular weight excluding hydrogens is 488 g/mol. The van der Waals surface area contributed by atoms with E-state index in [2.05, 4.69) is 63.3 Å². The molecule has 1 aromatic heterocycles. The number of thiophene rings is 1. The molecule has 4 nitrogen and oxygen atoms in total. The number of fused-ring (bicyclic) bond motifs is 1. The Labute approximate surface area is 230 Å². The van der Waals surface area contributed by atoms with Crippen LogP contribution in [0.25, 0.3) is 0 Å². The third kappa shape index (κ3) is 5.22. The lowest BCUT2D eigenvalue weighted by atomic mass is 9.78. The molecule has 1 amide bonds. The van der Waals surface area contributed by atoms with E-state index >= 15 is 0 Å². The number of rotatable bonds is 6. The predicted octanol–water partition coefficient (Wildman–Crippen LogP) is 8.53. The minimum atomic E-state index is -0.410. The number of ketones is 1. The van der Waals surface area contributed by atoms with Crippen LogP contribution in [0.15, 0.2) is 77.3 Å². The topological polar surface area (TPSA) is 49.4 Å². The van der Waals surface area contributed by atoms with Crippen molar-refractivity contribution in [1.82, 2.24) is 0 Å². The van der Waals surface area contributed by atoms with Gasteiger partial charge >= 0.3 is 0 Å². The molecule has 2 unspecified atom stereocenters.